The van der Waals surface area contributed by atoms with Crippen LogP contribution in [-0.2, 0) is 4.79 Å². The van der Waals surface area contributed by atoms with Crippen molar-refractivity contribution in [1.29, 1.82) is 0 Å². The number of carbonyl (C=O) groups excluding carboxylic acids is 1. The van der Waals surface area contributed by atoms with Crippen molar-refractivity contribution in [2.45, 2.75) is 50.5 Å². The molecule has 1 atom stereocenters. The molecule has 0 saturated heterocycles. The normalized spacial score (nSPS) is 20.5. The van der Waals surface area contributed by atoms with Crippen LogP contribution < -0.4 is 10.9 Å². The molecule has 1 fully saturated rings. The van der Waals surface area contributed by atoms with Gasteiger partial charge in [-0.05, 0) is 30.5 Å². The molecular formula is C19H21N3O4. The molecule has 0 unspecified atom stereocenters. The summed E-state index contributed by atoms with van der Waals surface area (Å²) in [6, 6.07) is 6.60. The average molecular weight is 355 g/mol. The predicted molar refractivity (Wildman–Crippen MR) is 95.7 cm³/mol. The van der Waals surface area contributed by atoms with Crippen LogP contribution in [0, 0.1) is 0 Å². The van der Waals surface area contributed by atoms with Crippen LogP contribution in [0.5, 0.6) is 0 Å². The van der Waals surface area contributed by atoms with Crippen molar-refractivity contribution in [2.75, 3.05) is 5.32 Å². The molecule has 4 rings (SSSR count). The molecule has 1 amide bonds. The number of amides is 1. The fraction of sp³-hybridized carbons (Fsp3) is 0.421. The average Bonchev–Trinajstić information content (AvgIpc) is 2.98. The number of fused-ring (bicyclic) bond motifs is 1. The first-order valence-corrected chi connectivity index (χ1v) is 9.02. The van der Waals surface area contributed by atoms with E-state index in [1.165, 1.54) is 18.6 Å². The Morgan fingerprint density at radius 1 is 1.08 bits per heavy atom. The smallest absolute Gasteiger partial charge is 0.335 e. The zero-order chi connectivity index (χ0) is 18.3. The maximum atomic E-state index is 12.7. The van der Waals surface area contributed by atoms with Crippen LogP contribution in [0.4, 0.5) is 5.82 Å². The van der Waals surface area contributed by atoms with E-state index in [-0.39, 0.29) is 35.4 Å². The van der Waals surface area contributed by atoms with Gasteiger partial charge in [-0.3, -0.25) is 19.4 Å². The monoisotopic (exact) mass is 355 g/mol. The van der Waals surface area contributed by atoms with Gasteiger partial charge in [0, 0.05) is 12.3 Å². The van der Waals surface area contributed by atoms with E-state index >= 15 is 0 Å². The maximum absolute atomic E-state index is 12.7. The lowest BCUT2D eigenvalue weighted by Gasteiger charge is -2.28. The Bertz CT molecular complexity index is 904. The second kappa shape index (κ2) is 6.48. The van der Waals surface area contributed by atoms with Crippen LogP contribution in [0.1, 0.15) is 72.0 Å². The van der Waals surface area contributed by atoms with Crippen molar-refractivity contribution < 1.29 is 14.7 Å². The topological polar surface area (TPSA) is 104 Å². The Hall–Kier alpha value is -2.83. The van der Waals surface area contributed by atoms with E-state index < -0.39 is 5.97 Å². The minimum atomic E-state index is -1.00. The summed E-state index contributed by atoms with van der Waals surface area (Å²) < 4.78 is 1.84. The summed E-state index contributed by atoms with van der Waals surface area (Å²) in [5.74, 6) is -0.922. The quantitative estimate of drug-likeness (QED) is 0.787. The lowest BCUT2D eigenvalue weighted by atomic mass is 9.86. The molecule has 7 nitrogen and oxygen atoms in total. The Kier molecular flexibility index (Phi) is 4.14. The Morgan fingerprint density at radius 3 is 2.42 bits per heavy atom. The number of nitrogens with zero attached hydrogens (tertiary/aromatic N) is 1. The lowest BCUT2D eigenvalue weighted by molar-refractivity contribution is -0.116. The van der Waals surface area contributed by atoms with Crippen molar-refractivity contribution in [3.63, 3.8) is 0 Å². The van der Waals surface area contributed by atoms with Crippen molar-refractivity contribution in [1.82, 2.24) is 9.78 Å². The summed E-state index contributed by atoms with van der Waals surface area (Å²) >= 11 is 0. The van der Waals surface area contributed by atoms with Crippen molar-refractivity contribution in [3.05, 3.63) is 51.3 Å². The SMILES string of the molecule is O=C1C[C@@H](c2ccc(C(=O)O)cc2)c2c(n(C3CCCCC3)[nH]c2=O)N1. The number of carboxylic acid groups (broad SMARTS) is 1. The molecular weight excluding hydrogens is 334 g/mol. The molecule has 2 heterocycles. The van der Waals surface area contributed by atoms with Crippen molar-refractivity contribution in [2.24, 2.45) is 0 Å². The van der Waals surface area contributed by atoms with Crippen LogP contribution in [0.25, 0.3) is 0 Å². The van der Waals surface area contributed by atoms with Crippen molar-refractivity contribution in [3.8, 4) is 0 Å². The molecule has 1 aliphatic heterocycles. The molecule has 7 heteroatoms. The van der Waals surface area contributed by atoms with Crippen LogP contribution in [0.15, 0.2) is 29.1 Å². The van der Waals surface area contributed by atoms with E-state index in [1.807, 2.05) is 4.68 Å². The highest BCUT2D eigenvalue weighted by Crippen LogP contribution is 2.38. The number of rotatable bonds is 3. The fourth-order valence-electron chi connectivity index (χ4n) is 4.14. The number of H-pyrrole nitrogens is 1. The number of aromatic carboxylic acids is 1. The molecule has 1 aromatic heterocycles. The molecule has 136 valence electrons. The van der Waals surface area contributed by atoms with Crippen LogP contribution in [-0.4, -0.2) is 26.8 Å². The van der Waals surface area contributed by atoms with Gasteiger partial charge < -0.3 is 10.4 Å². The molecule has 3 N–H and O–H groups in total. The zero-order valence-electron chi connectivity index (χ0n) is 14.3. The molecule has 1 aromatic carbocycles. The molecule has 0 spiro atoms. The molecule has 2 aliphatic rings. The second-order valence-corrected chi connectivity index (χ2v) is 7.10. The number of aromatic amines is 1. The van der Waals surface area contributed by atoms with E-state index in [2.05, 4.69) is 10.4 Å². The maximum Gasteiger partial charge on any atom is 0.335 e. The number of aromatic nitrogens is 2. The zero-order valence-corrected chi connectivity index (χ0v) is 14.3. The number of benzene rings is 1. The van der Waals surface area contributed by atoms with E-state index in [0.717, 1.165) is 31.2 Å². The summed E-state index contributed by atoms with van der Waals surface area (Å²) in [7, 11) is 0. The third kappa shape index (κ3) is 2.83. The molecule has 0 bridgehead atoms. The van der Waals surface area contributed by atoms with Crippen LogP contribution in [0.3, 0.4) is 0 Å². The number of carboxylic acids is 1. The molecule has 2 aromatic rings. The summed E-state index contributed by atoms with van der Waals surface area (Å²) in [6.45, 7) is 0. The number of carbonyl (C=O) groups is 2. The molecule has 1 saturated carbocycles. The molecule has 0 radical (unpaired) electrons. The van der Waals surface area contributed by atoms with E-state index in [4.69, 9.17) is 5.11 Å². The summed E-state index contributed by atoms with van der Waals surface area (Å²) in [6.07, 6.45) is 5.60. The first-order chi connectivity index (χ1) is 12.5. The third-order valence-electron chi connectivity index (χ3n) is 5.46. The second-order valence-electron chi connectivity index (χ2n) is 7.10. The van der Waals surface area contributed by atoms with Gasteiger partial charge in [-0.25, -0.2) is 4.79 Å². The van der Waals surface area contributed by atoms with Gasteiger partial charge in [0.15, 0.2) is 0 Å². The highest BCUT2D eigenvalue weighted by molar-refractivity contribution is 5.94. The first-order valence-electron chi connectivity index (χ1n) is 9.02. The largest absolute Gasteiger partial charge is 0.478 e. The van der Waals surface area contributed by atoms with Gasteiger partial charge >= 0.3 is 5.97 Å². The predicted octanol–water partition coefficient (Wildman–Crippen LogP) is 2.85. The highest BCUT2D eigenvalue weighted by Gasteiger charge is 2.34. The van der Waals surface area contributed by atoms with Gasteiger partial charge in [-0.2, -0.15) is 0 Å². The summed E-state index contributed by atoms with van der Waals surface area (Å²) in [5.41, 5.74) is 1.34. The van der Waals surface area contributed by atoms with Gasteiger partial charge in [0.25, 0.3) is 5.56 Å². The van der Waals surface area contributed by atoms with Crippen molar-refractivity contribution >= 4 is 17.7 Å². The van der Waals surface area contributed by atoms with Gasteiger partial charge in [0.05, 0.1) is 17.2 Å². The van der Waals surface area contributed by atoms with E-state index in [9.17, 15) is 14.4 Å². The number of nitrogens with one attached hydrogen (secondary N) is 2. The molecule has 1 aliphatic carbocycles. The number of hydrogen-bond acceptors (Lipinski definition) is 3. The Balaban J connectivity index is 1.75. The summed E-state index contributed by atoms with van der Waals surface area (Å²) in [5, 5.41) is 14.9. The van der Waals surface area contributed by atoms with E-state index in [0.29, 0.717) is 11.4 Å². The van der Waals surface area contributed by atoms with Gasteiger partial charge in [-0.15, -0.1) is 0 Å². The minimum absolute atomic E-state index is 0.131. The standard InChI is InChI=1S/C19H21N3O4/c23-15-10-14(11-6-8-12(9-7-11)19(25)26)16-17(20-15)22(21-18(16)24)13-4-2-1-3-5-13/h6-9,13-14H,1-5,10H2,(H,20,23)(H,21,24)(H,25,26)/t14-/m0/s1. The Morgan fingerprint density at radius 2 is 1.77 bits per heavy atom. The van der Waals surface area contributed by atoms with Crippen LogP contribution >= 0.6 is 0 Å². The first kappa shape index (κ1) is 16.6. The third-order valence-corrected chi connectivity index (χ3v) is 5.46. The lowest BCUT2D eigenvalue weighted by Crippen LogP contribution is -2.27. The van der Waals surface area contributed by atoms with E-state index in [1.54, 1.807) is 12.1 Å². The fourth-order valence-corrected chi connectivity index (χ4v) is 4.14. The minimum Gasteiger partial charge on any atom is -0.478 e. The van der Waals surface area contributed by atoms with Gasteiger partial charge in [-0.1, -0.05) is 31.4 Å². The Labute approximate surface area is 150 Å². The summed E-state index contributed by atoms with van der Waals surface area (Å²) in [4.78, 5) is 36.0. The van der Waals surface area contributed by atoms with Crippen LogP contribution in [0.2, 0.25) is 0 Å². The molecule has 26 heavy (non-hydrogen) atoms. The number of anilines is 1. The highest BCUT2D eigenvalue weighted by atomic mass is 16.4. The number of hydrogen-bond donors (Lipinski definition) is 3. The van der Waals surface area contributed by atoms with Gasteiger partial charge in [0.1, 0.15) is 5.82 Å². The van der Waals surface area contributed by atoms with Gasteiger partial charge in [0.2, 0.25) is 5.91 Å².